The van der Waals surface area contributed by atoms with Crippen LogP contribution in [0.4, 0.5) is 0 Å². The number of hydrogen-bond acceptors (Lipinski definition) is 4. The van der Waals surface area contributed by atoms with E-state index in [4.69, 9.17) is 0 Å². The summed E-state index contributed by atoms with van der Waals surface area (Å²) in [4.78, 5) is 18.1. The van der Waals surface area contributed by atoms with Crippen molar-refractivity contribution in [3.05, 3.63) is 34.7 Å². The number of hydrazine groups is 1. The minimum absolute atomic E-state index is 0.0440. The minimum atomic E-state index is 0.0440. The van der Waals surface area contributed by atoms with E-state index in [1.54, 1.807) is 0 Å². The number of imidazole rings is 1. The molecule has 5 rings (SSSR count). The van der Waals surface area contributed by atoms with E-state index >= 15 is 0 Å². The lowest BCUT2D eigenvalue weighted by molar-refractivity contribution is 0.105. The molecule has 0 bridgehead atoms. The summed E-state index contributed by atoms with van der Waals surface area (Å²) in [7, 11) is 0. The predicted molar refractivity (Wildman–Crippen MR) is 103 cm³/mol. The van der Waals surface area contributed by atoms with Crippen molar-refractivity contribution in [1.82, 2.24) is 24.9 Å². The summed E-state index contributed by atoms with van der Waals surface area (Å²) in [6, 6.07) is 9.10. The van der Waals surface area contributed by atoms with Crippen LogP contribution < -0.4 is 11.1 Å². The predicted octanol–water partition coefficient (Wildman–Crippen LogP) is 1.96. The van der Waals surface area contributed by atoms with Gasteiger partial charge in [-0.05, 0) is 37.8 Å². The highest BCUT2D eigenvalue weighted by Gasteiger charge is 2.37. The van der Waals surface area contributed by atoms with Crippen molar-refractivity contribution in [3.63, 3.8) is 0 Å². The zero-order chi connectivity index (χ0) is 17.5. The van der Waals surface area contributed by atoms with Crippen molar-refractivity contribution in [1.29, 1.82) is 0 Å². The molecule has 4 heterocycles. The molecule has 3 fully saturated rings. The van der Waals surface area contributed by atoms with E-state index in [1.165, 1.54) is 32.4 Å². The van der Waals surface area contributed by atoms with Gasteiger partial charge in [-0.3, -0.25) is 9.99 Å². The Hall–Kier alpha value is -1.63. The van der Waals surface area contributed by atoms with Crippen LogP contribution in [0.1, 0.15) is 38.1 Å². The van der Waals surface area contributed by atoms with E-state index in [1.807, 2.05) is 22.8 Å². The van der Waals surface area contributed by atoms with Gasteiger partial charge in [0, 0.05) is 50.7 Å². The molecule has 6 nitrogen and oxygen atoms in total. The van der Waals surface area contributed by atoms with Gasteiger partial charge in [0.1, 0.15) is 0 Å². The van der Waals surface area contributed by atoms with Crippen molar-refractivity contribution >= 4 is 11.0 Å². The molecule has 3 aliphatic heterocycles. The third-order valence-electron chi connectivity index (χ3n) is 6.69. The van der Waals surface area contributed by atoms with Crippen LogP contribution in [0.3, 0.4) is 0 Å². The fourth-order valence-electron chi connectivity index (χ4n) is 5.33. The summed E-state index contributed by atoms with van der Waals surface area (Å²) < 4.78 is 1.99. The molecule has 3 aliphatic rings. The molecular weight excluding hydrogens is 326 g/mol. The van der Waals surface area contributed by atoms with Gasteiger partial charge in [-0.2, -0.15) is 0 Å². The van der Waals surface area contributed by atoms with Crippen LogP contribution in [0.15, 0.2) is 29.1 Å². The van der Waals surface area contributed by atoms with Gasteiger partial charge in [0.25, 0.3) is 0 Å². The van der Waals surface area contributed by atoms with Gasteiger partial charge in [0.15, 0.2) is 0 Å². The lowest BCUT2D eigenvalue weighted by Crippen LogP contribution is -2.45. The Labute approximate surface area is 154 Å². The molecule has 26 heavy (non-hydrogen) atoms. The average Bonchev–Trinajstić information content (AvgIpc) is 3.23. The smallest absolute Gasteiger partial charge is 0.306 e. The lowest BCUT2D eigenvalue weighted by atomic mass is 9.92. The first-order valence-electron chi connectivity index (χ1n) is 10.2. The Bertz CT molecular complexity index is 819. The number of hydrogen-bond donors (Lipinski definition) is 2. The third-order valence-corrected chi connectivity index (χ3v) is 6.69. The highest BCUT2D eigenvalue weighted by Crippen LogP contribution is 2.29. The second kappa shape index (κ2) is 6.83. The lowest BCUT2D eigenvalue weighted by Gasteiger charge is -2.36. The summed E-state index contributed by atoms with van der Waals surface area (Å²) in [5.74, 6) is 0.752. The number of nitrogens with zero attached hydrogens (tertiary/aromatic N) is 3. The molecule has 0 spiro atoms. The number of aromatic amines is 1. The molecule has 2 unspecified atom stereocenters. The quantitative estimate of drug-likeness (QED) is 0.884. The molecule has 0 radical (unpaired) electrons. The fraction of sp³-hybridized carbons (Fsp3) is 0.650. The van der Waals surface area contributed by atoms with Crippen LogP contribution >= 0.6 is 0 Å². The number of piperidine rings is 2. The first kappa shape index (κ1) is 16.5. The molecule has 6 heteroatoms. The average molecular weight is 355 g/mol. The van der Waals surface area contributed by atoms with E-state index < -0.39 is 0 Å². The zero-order valence-corrected chi connectivity index (χ0v) is 15.4. The van der Waals surface area contributed by atoms with Gasteiger partial charge in [-0.1, -0.05) is 18.6 Å². The Kier molecular flexibility index (Phi) is 4.35. The van der Waals surface area contributed by atoms with Crippen LogP contribution in [0, 0.1) is 5.92 Å². The summed E-state index contributed by atoms with van der Waals surface area (Å²) in [6.07, 6.45) is 6.19. The first-order valence-corrected chi connectivity index (χ1v) is 10.2. The van der Waals surface area contributed by atoms with Crippen LogP contribution in [0.5, 0.6) is 0 Å². The van der Waals surface area contributed by atoms with Gasteiger partial charge >= 0.3 is 5.69 Å². The van der Waals surface area contributed by atoms with E-state index in [0.29, 0.717) is 6.04 Å². The Morgan fingerprint density at radius 2 is 1.88 bits per heavy atom. The molecule has 3 saturated heterocycles. The zero-order valence-electron chi connectivity index (χ0n) is 15.4. The molecule has 2 aromatic rings. The molecule has 2 atom stereocenters. The number of likely N-dealkylation sites (tertiary alicyclic amines) is 1. The standard InChI is InChI=1S/C20H29N5O/c26-20-22-17-5-1-2-7-19(17)25(20)16-8-11-23(12-9-16)14-15-13-21-24-10-4-3-6-18(15)24/h1-2,5,7,15-16,18,21H,3-4,6,8-14H2,(H,22,26). The Morgan fingerprint density at radius 1 is 1.04 bits per heavy atom. The van der Waals surface area contributed by atoms with Gasteiger partial charge in [-0.15, -0.1) is 0 Å². The monoisotopic (exact) mass is 355 g/mol. The first-order chi connectivity index (χ1) is 12.8. The molecule has 2 N–H and O–H groups in total. The highest BCUT2D eigenvalue weighted by atomic mass is 16.1. The topological polar surface area (TPSA) is 56.3 Å². The van der Waals surface area contributed by atoms with Crippen LogP contribution in [0.2, 0.25) is 0 Å². The van der Waals surface area contributed by atoms with Crippen molar-refractivity contribution in [3.8, 4) is 0 Å². The van der Waals surface area contributed by atoms with Crippen molar-refractivity contribution in [2.24, 2.45) is 5.92 Å². The third kappa shape index (κ3) is 2.90. The molecule has 1 aromatic carbocycles. The van der Waals surface area contributed by atoms with Crippen LogP contribution in [-0.4, -0.2) is 58.2 Å². The normalized spacial score (nSPS) is 28.6. The van der Waals surface area contributed by atoms with Crippen molar-refractivity contribution < 1.29 is 0 Å². The van der Waals surface area contributed by atoms with Gasteiger partial charge in [0.05, 0.1) is 11.0 Å². The van der Waals surface area contributed by atoms with Gasteiger partial charge in [0.2, 0.25) is 0 Å². The summed E-state index contributed by atoms with van der Waals surface area (Å²) in [6.45, 7) is 5.74. The number of para-hydroxylation sites is 2. The van der Waals surface area contributed by atoms with Gasteiger partial charge < -0.3 is 9.88 Å². The number of benzene rings is 1. The molecule has 0 amide bonds. The van der Waals surface area contributed by atoms with Crippen molar-refractivity contribution in [2.75, 3.05) is 32.7 Å². The fourth-order valence-corrected chi connectivity index (χ4v) is 5.33. The second-order valence-corrected chi connectivity index (χ2v) is 8.23. The number of aromatic nitrogens is 2. The highest BCUT2D eigenvalue weighted by molar-refractivity contribution is 5.75. The van der Waals surface area contributed by atoms with Crippen LogP contribution in [-0.2, 0) is 0 Å². The van der Waals surface area contributed by atoms with Crippen LogP contribution in [0.25, 0.3) is 11.0 Å². The number of fused-ring (bicyclic) bond motifs is 2. The van der Waals surface area contributed by atoms with Crippen molar-refractivity contribution in [2.45, 2.75) is 44.2 Å². The minimum Gasteiger partial charge on any atom is -0.306 e. The SMILES string of the molecule is O=c1[nH]c2ccccc2n1C1CCN(CC2CNN3CCCCC23)CC1. The number of H-pyrrole nitrogens is 1. The van der Waals surface area contributed by atoms with E-state index in [9.17, 15) is 4.79 Å². The maximum Gasteiger partial charge on any atom is 0.326 e. The molecule has 1 aromatic heterocycles. The van der Waals surface area contributed by atoms with Gasteiger partial charge in [-0.25, -0.2) is 9.80 Å². The molecular formula is C20H29N5O. The molecule has 140 valence electrons. The van der Waals surface area contributed by atoms with E-state index in [-0.39, 0.29) is 5.69 Å². The second-order valence-electron chi connectivity index (χ2n) is 8.23. The summed E-state index contributed by atoms with van der Waals surface area (Å²) in [5, 5.41) is 2.49. The molecule has 0 saturated carbocycles. The largest absolute Gasteiger partial charge is 0.326 e. The molecule has 0 aliphatic carbocycles. The number of nitrogens with one attached hydrogen (secondary N) is 2. The Morgan fingerprint density at radius 3 is 2.77 bits per heavy atom. The Balaban J connectivity index is 1.24. The summed E-state index contributed by atoms with van der Waals surface area (Å²) >= 11 is 0. The maximum absolute atomic E-state index is 12.4. The van der Waals surface area contributed by atoms with E-state index in [0.717, 1.165) is 55.5 Å². The van der Waals surface area contributed by atoms with E-state index in [2.05, 4.69) is 26.4 Å². The number of rotatable bonds is 3. The maximum atomic E-state index is 12.4. The summed E-state index contributed by atoms with van der Waals surface area (Å²) in [5.41, 5.74) is 5.66.